The Morgan fingerprint density at radius 1 is 1.29 bits per heavy atom. The molecule has 2 N–H and O–H groups in total. The third-order valence-corrected chi connectivity index (χ3v) is 4.18. The molecule has 5 heteroatoms. The van der Waals surface area contributed by atoms with Crippen LogP contribution in [0.25, 0.3) is 0 Å². The molecule has 0 aromatic carbocycles. The lowest BCUT2D eigenvalue weighted by Gasteiger charge is -2.27. The van der Waals surface area contributed by atoms with Gasteiger partial charge in [0.2, 0.25) is 11.7 Å². The van der Waals surface area contributed by atoms with E-state index in [9.17, 15) is 0 Å². The molecule has 0 amide bonds. The lowest BCUT2D eigenvalue weighted by Crippen LogP contribution is -2.20. The van der Waals surface area contributed by atoms with E-state index in [0.717, 1.165) is 6.42 Å². The van der Waals surface area contributed by atoms with Crippen LogP contribution in [-0.4, -0.2) is 16.7 Å². The number of rotatable bonds is 7. The van der Waals surface area contributed by atoms with Crippen molar-refractivity contribution in [1.29, 1.82) is 0 Å². The molecule has 0 spiro atoms. The van der Waals surface area contributed by atoms with Crippen molar-refractivity contribution >= 4 is 0 Å². The Morgan fingerprint density at radius 2 is 2.00 bits per heavy atom. The van der Waals surface area contributed by atoms with Gasteiger partial charge in [0.1, 0.15) is 6.10 Å². The molecular formula is C16H29N3O2. The zero-order chi connectivity index (χ0) is 15.2. The normalized spacial score (nSPS) is 19.9. The largest absolute Gasteiger partial charge is 0.370 e. The fraction of sp³-hybridized carbons (Fsp3) is 0.875. The van der Waals surface area contributed by atoms with Crippen LogP contribution in [0.15, 0.2) is 4.52 Å². The molecule has 0 aliphatic heterocycles. The van der Waals surface area contributed by atoms with E-state index in [-0.39, 0.29) is 12.1 Å². The predicted molar refractivity (Wildman–Crippen MR) is 81.6 cm³/mol. The maximum atomic E-state index is 6.12. The molecule has 0 saturated heterocycles. The van der Waals surface area contributed by atoms with E-state index in [4.69, 9.17) is 15.0 Å². The van der Waals surface area contributed by atoms with E-state index in [2.05, 4.69) is 24.0 Å². The van der Waals surface area contributed by atoms with Crippen LogP contribution in [0.1, 0.15) is 83.2 Å². The minimum Gasteiger partial charge on any atom is -0.370 e. The third kappa shape index (κ3) is 4.51. The van der Waals surface area contributed by atoms with Crippen LogP contribution in [-0.2, 0) is 4.74 Å². The van der Waals surface area contributed by atoms with E-state index in [1.165, 1.54) is 32.1 Å². The van der Waals surface area contributed by atoms with Crippen LogP contribution >= 0.6 is 0 Å². The van der Waals surface area contributed by atoms with Crippen LogP contribution < -0.4 is 5.73 Å². The van der Waals surface area contributed by atoms with Gasteiger partial charge in [-0.2, -0.15) is 4.98 Å². The van der Waals surface area contributed by atoms with Crippen molar-refractivity contribution in [3.05, 3.63) is 11.7 Å². The van der Waals surface area contributed by atoms with Gasteiger partial charge in [0, 0.05) is 6.61 Å². The summed E-state index contributed by atoms with van der Waals surface area (Å²) < 4.78 is 11.3. The summed E-state index contributed by atoms with van der Waals surface area (Å²) >= 11 is 0. The van der Waals surface area contributed by atoms with Crippen molar-refractivity contribution in [2.75, 3.05) is 6.61 Å². The van der Waals surface area contributed by atoms with Gasteiger partial charge in [0.05, 0.1) is 6.04 Å². The summed E-state index contributed by atoms with van der Waals surface area (Å²) in [6.07, 6.45) is 7.05. The highest BCUT2D eigenvalue weighted by atomic mass is 16.5. The van der Waals surface area contributed by atoms with Gasteiger partial charge in [-0.3, -0.25) is 0 Å². The zero-order valence-electron chi connectivity index (χ0n) is 13.5. The molecule has 1 aromatic heterocycles. The molecule has 120 valence electrons. The van der Waals surface area contributed by atoms with Gasteiger partial charge in [-0.25, -0.2) is 0 Å². The smallest absolute Gasteiger partial charge is 0.243 e. The van der Waals surface area contributed by atoms with Gasteiger partial charge in [-0.05, 0) is 38.0 Å². The second-order valence-corrected chi connectivity index (χ2v) is 6.50. The van der Waals surface area contributed by atoms with Crippen LogP contribution in [0.3, 0.4) is 0 Å². The number of hydrogen-bond donors (Lipinski definition) is 1. The minimum atomic E-state index is -0.181. The summed E-state index contributed by atoms with van der Waals surface area (Å²) in [5.41, 5.74) is 6.12. The highest BCUT2D eigenvalue weighted by molar-refractivity contribution is 4.98. The number of hydrogen-bond acceptors (Lipinski definition) is 5. The Labute approximate surface area is 127 Å². The average molecular weight is 295 g/mol. The third-order valence-electron chi connectivity index (χ3n) is 4.18. The topological polar surface area (TPSA) is 74.2 Å². The maximum absolute atomic E-state index is 6.12. The van der Waals surface area contributed by atoms with Crippen LogP contribution in [0.2, 0.25) is 0 Å². The molecule has 1 aliphatic rings. The van der Waals surface area contributed by atoms with E-state index in [0.29, 0.717) is 30.2 Å². The van der Waals surface area contributed by atoms with Crippen molar-refractivity contribution in [3.8, 4) is 0 Å². The quantitative estimate of drug-likeness (QED) is 0.828. The Hall–Kier alpha value is -0.940. The number of ether oxygens (including phenoxy) is 1. The van der Waals surface area contributed by atoms with Gasteiger partial charge in [0.15, 0.2) is 0 Å². The van der Waals surface area contributed by atoms with E-state index < -0.39 is 0 Å². The van der Waals surface area contributed by atoms with E-state index in [1.807, 2.05) is 6.92 Å². The second-order valence-electron chi connectivity index (χ2n) is 6.50. The zero-order valence-corrected chi connectivity index (χ0v) is 13.5. The minimum absolute atomic E-state index is 0.0425. The van der Waals surface area contributed by atoms with Gasteiger partial charge < -0.3 is 15.0 Å². The molecule has 0 radical (unpaired) electrons. The average Bonchev–Trinajstić information content (AvgIpc) is 2.94. The summed E-state index contributed by atoms with van der Waals surface area (Å²) in [5.74, 6) is 2.24. The second kappa shape index (κ2) is 7.90. The van der Waals surface area contributed by atoms with Crippen LogP contribution in [0, 0.1) is 11.8 Å². The lowest BCUT2D eigenvalue weighted by molar-refractivity contribution is -0.00145. The summed E-state index contributed by atoms with van der Waals surface area (Å²) in [7, 11) is 0. The lowest BCUT2D eigenvalue weighted by atomic mass is 9.85. The molecule has 1 aromatic rings. The highest BCUT2D eigenvalue weighted by Gasteiger charge is 2.30. The highest BCUT2D eigenvalue weighted by Crippen LogP contribution is 2.36. The van der Waals surface area contributed by atoms with Gasteiger partial charge in [-0.15, -0.1) is 0 Å². The molecule has 1 fully saturated rings. The Balaban J connectivity index is 2.07. The monoisotopic (exact) mass is 295 g/mol. The summed E-state index contributed by atoms with van der Waals surface area (Å²) in [6, 6.07) is -0.181. The Kier molecular flexibility index (Phi) is 6.18. The molecule has 1 heterocycles. The fourth-order valence-electron chi connectivity index (χ4n) is 3.16. The number of nitrogens with two attached hydrogens (primary N) is 1. The van der Waals surface area contributed by atoms with Crippen molar-refractivity contribution in [2.24, 2.45) is 17.6 Å². The summed E-state index contributed by atoms with van der Waals surface area (Å²) in [5, 5.41) is 4.15. The standard InChI is InChI=1S/C16H29N3O2/c1-4-20-14(12-8-6-5-7-9-12)15-18-16(21-19-15)13(17)10-11(2)3/h11-14H,4-10,17H2,1-3H3. The molecule has 2 atom stereocenters. The molecule has 2 unspecified atom stereocenters. The van der Waals surface area contributed by atoms with Gasteiger partial charge >= 0.3 is 0 Å². The van der Waals surface area contributed by atoms with E-state index in [1.54, 1.807) is 0 Å². The number of aromatic nitrogens is 2. The van der Waals surface area contributed by atoms with Gasteiger partial charge in [0.25, 0.3) is 0 Å². The molecular weight excluding hydrogens is 266 g/mol. The predicted octanol–water partition coefficient (Wildman–Crippen LogP) is 3.77. The van der Waals surface area contributed by atoms with Crippen molar-refractivity contribution in [2.45, 2.75) is 71.4 Å². The molecule has 1 saturated carbocycles. The molecule has 5 nitrogen and oxygen atoms in total. The Bertz CT molecular complexity index is 413. The van der Waals surface area contributed by atoms with Crippen molar-refractivity contribution in [3.63, 3.8) is 0 Å². The first kappa shape index (κ1) is 16.4. The fourth-order valence-corrected chi connectivity index (χ4v) is 3.16. The van der Waals surface area contributed by atoms with E-state index >= 15 is 0 Å². The molecule has 1 aliphatic carbocycles. The first-order chi connectivity index (χ1) is 10.1. The summed E-state index contributed by atoms with van der Waals surface area (Å²) in [4.78, 5) is 4.53. The van der Waals surface area contributed by atoms with Crippen molar-refractivity contribution < 1.29 is 9.26 Å². The number of nitrogens with zero attached hydrogens (tertiary/aromatic N) is 2. The molecule has 2 rings (SSSR count). The van der Waals surface area contributed by atoms with Gasteiger partial charge in [-0.1, -0.05) is 38.3 Å². The SMILES string of the molecule is CCOC(c1noc(C(N)CC(C)C)n1)C1CCCCC1. The first-order valence-electron chi connectivity index (χ1n) is 8.32. The maximum Gasteiger partial charge on any atom is 0.243 e. The summed E-state index contributed by atoms with van der Waals surface area (Å²) in [6.45, 7) is 6.97. The van der Waals surface area contributed by atoms with Crippen LogP contribution in [0.5, 0.6) is 0 Å². The van der Waals surface area contributed by atoms with Crippen molar-refractivity contribution in [1.82, 2.24) is 10.1 Å². The molecule has 0 bridgehead atoms. The van der Waals surface area contributed by atoms with Crippen LogP contribution in [0.4, 0.5) is 0 Å². The first-order valence-corrected chi connectivity index (χ1v) is 8.32. The molecule has 21 heavy (non-hydrogen) atoms. The Morgan fingerprint density at radius 3 is 2.62 bits per heavy atom.